The molecule has 0 radical (unpaired) electrons. The van der Waals surface area contributed by atoms with Gasteiger partial charge >= 0.3 is 0 Å². The lowest BCUT2D eigenvalue weighted by Crippen LogP contribution is -2.33. The van der Waals surface area contributed by atoms with Gasteiger partial charge in [0.25, 0.3) is 0 Å². The highest BCUT2D eigenvalue weighted by atomic mass is 15.2. The van der Waals surface area contributed by atoms with Crippen molar-refractivity contribution in [1.29, 1.82) is 0 Å². The van der Waals surface area contributed by atoms with Gasteiger partial charge in [0.1, 0.15) is 23.8 Å². The fourth-order valence-electron chi connectivity index (χ4n) is 2.31. The summed E-state index contributed by atoms with van der Waals surface area (Å²) >= 11 is 0. The van der Waals surface area contributed by atoms with Crippen LogP contribution in [-0.2, 0) is 0 Å². The van der Waals surface area contributed by atoms with Crippen LogP contribution < -0.4 is 15.5 Å². The fourth-order valence-corrected chi connectivity index (χ4v) is 2.31. The van der Waals surface area contributed by atoms with Crippen LogP contribution in [0.3, 0.4) is 0 Å². The number of aromatic amines is 1. The molecule has 0 saturated carbocycles. The number of rotatable bonds is 4. The smallest absolute Gasteiger partial charge is 0.136 e. The molecule has 3 heterocycles. The van der Waals surface area contributed by atoms with Gasteiger partial charge in [-0.05, 0) is 25.1 Å². The molecule has 0 spiro atoms. The maximum Gasteiger partial charge on any atom is 0.136 e. The van der Waals surface area contributed by atoms with E-state index in [1.165, 1.54) is 0 Å². The zero-order valence-corrected chi connectivity index (χ0v) is 10.9. The van der Waals surface area contributed by atoms with Crippen molar-refractivity contribution in [2.24, 2.45) is 0 Å². The molecule has 3 N–H and O–H groups in total. The van der Waals surface area contributed by atoms with E-state index < -0.39 is 0 Å². The van der Waals surface area contributed by atoms with E-state index >= 15 is 0 Å². The van der Waals surface area contributed by atoms with E-state index in [2.05, 4.69) is 37.5 Å². The molecule has 2 aromatic heterocycles. The van der Waals surface area contributed by atoms with Gasteiger partial charge in [0, 0.05) is 31.9 Å². The third-order valence-corrected chi connectivity index (χ3v) is 3.46. The molecule has 1 atom stereocenters. The van der Waals surface area contributed by atoms with Crippen molar-refractivity contribution in [2.45, 2.75) is 12.5 Å². The Morgan fingerprint density at radius 3 is 3.11 bits per heavy atom. The molecule has 1 aliphatic rings. The van der Waals surface area contributed by atoms with E-state index in [-0.39, 0.29) is 0 Å². The SMILES string of the molecule is CN(c1cc(Nc2ccc[nH]2)ncn1)C1CCNC1. The summed E-state index contributed by atoms with van der Waals surface area (Å²) in [5.41, 5.74) is 0. The van der Waals surface area contributed by atoms with Crippen LogP contribution in [0.1, 0.15) is 6.42 Å². The van der Waals surface area contributed by atoms with Gasteiger partial charge in [0.2, 0.25) is 0 Å². The topological polar surface area (TPSA) is 68.9 Å². The standard InChI is InChI=1S/C13H18N6/c1-19(10-4-6-14-8-10)13-7-12(16-9-17-13)18-11-3-2-5-15-11/h2-3,5,7,9-10,14-15H,4,6,8H2,1H3,(H,16,17,18). The number of nitrogens with one attached hydrogen (secondary N) is 3. The first-order chi connectivity index (χ1) is 9.33. The highest BCUT2D eigenvalue weighted by Crippen LogP contribution is 2.19. The first kappa shape index (κ1) is 12.0. The summed E-state index contributed by atoms with van der Waals surface area (Å²) in [6, 6.07) is 6.39. The van der Waals surface area contributed by atoms with Gasteiger partial charge in [-0.15, -0.1) is 0 Å². The van der Waals surface area contributed by atoms with E-state index in [0.29, 0.717) is 6.04 Å². The van der Waals surface area contributed by atoms with Crippen LogP contribution >= 0.6 is 0 Å². The molecule has 0 aliphatic carbocycles. The third kappa shape index (κ3) is 2.68. The van der Waals surface area contributed by atoms with Gasteiger partial charge in [-0.3, -0.25) is 0 Å². The number of H-pyrrole nitrogens is 1. The molecule has 2 aromatic rings. The van der Waals surface area contributed by atoms with Gasteiger partial charge in [-0.1, -0.05) is 0 Å². The summed E-state index contributed by atoms with van der Waals surface area (Å²) in [6.45, 7) is 2.09. The minimum atomic E-state index is 0.508. The first-order valence-electron chi connectivity index (χ1n) is 6.49. The van der Waals surface area contributed by atoms with Crippen LogP contribution in [-0.4, -0.2) is 41.1 Å². The summed E-state index contributed by atoms with van der Waals surface area (Å²) in [4.78, 5) is 13.9. The first-order valence-corrected chi connectivity index (χ1v) is 6.49. The molecule has 6 heteroatoms. The number of likely N-dealkylation sites (N-methyl/N-ethyl adjacent to an activating group) is 1. The monoisotopic (exact) mass is 258 g/mol. The van der Waals surface area contributed by atoms with Gasteiger partial charge in [0.15, 0.2) is 0 Å². The Morgan fingerprint density at radius 1 is 1.42 bits per heavy atom. The maximum atomic E-state index is 4.35. The molecule has 6 nitrogen and oxygen atoms in total. The Labute approximate surface area is 112 Å². The van der Waals surface area contributed by atoms with Crippen molar-refractivity contribution < 1.29 is 0 Å². The van der Waals surface area contributed by atoms with Crippen molar-refractivity contribution in [3.8, 4) is 0 Å². The van der Waals surface area contributed by atoms with Crippen molar-refractivity contribution in [3.05, 3.63) is 30.7 Å². The molecule has 1 fully saturated rings. The van der Waals surface area contributed by atoms with Crippen LogP contribution in [0.5, 0.6) is 0 Å². The summed E-state index contributed by atoms with van der Waals surface area (Å²) < 4.78 is 0. The average molecular weight is 258 g/mol. The Bertz CT molecular complexity index is 518. The second kappa shape index (κ2) is 5.27. The quantitative estimate of drug-likeness (QED) is 0.772. The zero-order valence-electron chi connectivity index (χ0n) is 10.9. The normalized spacial score (nSPS) is 18.5. The fraction of sp³-hybridized carbons (Fsp3) is 0.385. The third-order valence-electron chi connectivity index (χ3n) is 3.46. The van der Waals surface area contributed by atoms with Gasteiger partial charge in [0.05, 0.1) is 0 Å². The van der Waals surface area contributed by atoms with E-state index in [4.69, 9.17) is 0 Å². The Hall–Kier alpha value is -2.08. The number of aromatic nitrogens is 3. The lowest BCUT2D eigenvalue weighted by molar-refractivity contribution is 0.677. The van der Waals surface area contributed by atoms with Gasteiger partial charge in [-0.2, -0.15) is 0 Å². The van der Waals surface area contributed by atoms with Crippen LogP contribution in [0, 0.1) is 0 Å². The zero-order chi connectivity index (χ0) is 13.1. The highest BCUT2D eigenvalue weighted by molar-refractivity contribution is 5.56. The molecule has 3 rings (SSSR count). The molecule has 1 aliphatic heterocycles. The van der Waals surface area contributed by atoms with E-state index in [9.17, 15) is 0 Å². The Morgan fingerprint density at radius 2 is 2.37 bits per heavy atom. The second-order valence-electron chi connectivity index (χ2n) is 4.73. The number of nitrogens with zero attached hydrogens (tertiary/aromatic N) is 3. The number of anilines is 3. The van der Waals surface area contributed by atoms with Crippen molar-refractivity contribution in [3.63, 3.8) is 0 Å². The minimum Gasteiger partial charge on any atom is -0.355 e. The average Bonchev–Trinajstić information content (AvgIpc) is 3.11. The predicted octanol–water partition coefficient (Wildman–Crippen LogP) is 1.35. The number of hydrogen-bond donors (Lipinski definition) is 3. The molecule has 1 unspecified atom stereocenters. The Kier molecular flexibility index (Phi) is 3.33. The molecular formula is C13H18N6. The summed E-state index contributed by atoms with van der Waals surface area (Å²) in [7, 11) is 2.08. The van der Waals surface area contributed by atoms with E-state index in [0.717, 1.165) is 37.0 Å². The molecule has 1 saturated heterocycles. The Balaban J connectivity index is 1.75. The van der Waals surface area contributed by atoms with Crippen LogP contribution in [0.2, 0.25) is 0 Å². The second-order valence-corrected chi connectivity index (χ2v) is 4.73. The van der Waals surface area contributed by atoms with Crippen LogP contribution in [0.15, 0.2) is 30.7 Å². The highest BCUT2D eigenvalue weighted by Gasteiger charge is 2.20. The predicted molar refractivity (Wildman–Crippen MR) is 75.8 cm³/mol. The number of hydrogen-bond acceptors (Lipinski definition) is 5. The van der Waals surface area contributed by atoms with Crippen LogP contribution in [0.25, 0.3) is 0 Å². The molecule has 100 valence electrons. The maximum absolute atomic E-state index is 4.35. The van der Waals surface area contributed by atoms with Crippen molar-refractivity contribution in [2.75, 3.05) is 30.4 Å². The summed E-state index contributed by atoms with van der Waals surface area (Å²) in [5, 5.41) is 6.59. The largest absolute Gasteiger partial charge is 0.355 e. The minimum absolute atomic E-state index is 0.508. The molecule has 0 aromatic carbocycles. The van der Waals surface area contributed by atoms with Gasteiger partial charge in [-0.25, -0.2) is 9.97 Å². The molecule has 19 heavy (non-hydrogen) atoms. The molecular weight excluding hydrogens is 240 g/mol. The van der Waals surface area contributed by atoms with E-state index in [1.807, 2.05) is 24.4 Å². The summed E-state index contributed by atoms with van der Waals surface area (Å²) in [5.74, 6) is 2.66. The van der Waals surface area contributed by atoms with Gasteiger partial charge < -0.3 is 20.5 Å². The molecule has 0 bridgehead atoms. The molecule has 0 amide bonds. The lowest BCUT2D eigenvalue weighted by Gasteiger charge is -2.24. The van der Waals surface area contributed by atoms with Crippen molar-refractivity contribution >= 4 is 17.5 Å². The van der Waals surface area contributed by atoms with Crippen LogP contribution in [0.4, 0.5) is 17.5 Å². The summed E-state index contributed by atoms with van der Waals surface area (Å²) in [6.07, 6.45) is 4.63. The van der Waals surface area contributed by atoms with Crippen molar-refractivity contribution in [1.82, 2.24) is 20.3 Å². The lowest BCUT2D eigenvalue weighted by atomic mass is 10.2. The van der Waals surface area contributed by atoms with E-state index in [1.54, 1.807) is 6.33 Å².